The molecule has 2 heteroatoms. The van der Waals surface area contributed by atoms with Gasteiger partial charge in [-0.25, -0.2) is 0 Å². The zero-order valence-electron chi connectivity index (χ0n) is 30.6. The van der Waals surface area contributed by atoms with Gasteiger partial charge >= 0.3 is 0 Å². The lowest BCUT2D eigenvalue weighted by Gasteiger charge is -2.29. The van der Waals surface area contributed by atoms with Crippen LogP contribution in [-0.2, 0) is 0 Å². The SMILES string of the molecule is c1ccc(-c2ccccc2N(c2ccc(-c3cccc4ccccc34)cc2)c2cccc3c(-c4ccc5ccc6oc7ccccc7c6c5c4)cccc23)cc1. The highest BCUT2D eigenvalue weighted by atomic mass is 16.3. The van der Waals surface area contributed by atoms with Gasteiger partial charge in [-0.2, -0.15) is 0 Å². The first kappa shape index (κ1) is 32.0. The number of anilines is 3. The third kappa shape index (κ3) is 5.26. The number of hydrogen-bond acceptors (Lipinski definition) is 2. The first-order valence-electron chi connectivity index (χ1n) is 19.2. The van der Waals surface area contributed by atoms with E-state index in [0.717, 1.165) is 39.0 Å². The molecule has 262 valence electrons. The van der Waals surface area contributed by atoms with Gasteiger partial charge < -0.3 is 9.32 Å². The van der Waals surface area contributed by atoms with Gasteiger partial charge in [0.05, 0.1) is 11.4 Å². The summed E-state index contributed by atoms with van der Waals surface area (Å²) in [5.74, 6) is 0. The molecule has 11 rings (SSSR count). The topological polar surface area (TPSA) is 16.4 Å². The predicted octanol–water partition coefficient (Wildman–Crippen LogP) is 15.5. The summed E-state index contributed by atoms with van der Waals surface area (Å²) in [6.07, 6.45) is 0. The first-order valence-corrected chi connectivity index (χ1v) is 19.2. The van der Waals surface area contributed by atoms with E-state index in [0.29, 0.717) is 0 Å². The van der Waals surface area contributed by atoms with Gasteiger partial charge in [-0.1, -0.05) is 170 Å². The van der Waals surface area contributed by atoms with E-state index in [9.17, 15) is 0 Å². The highest BCUT2D eigenvalue weighted by molar-refractivity contribution is 6.20. The van der Waals surface area contributed by atoms with E-state index < -0.39 is 0 Å². The maximum Gasteiger partial charge on any atom is 0.136 e. The van der Waals surface area contributed by atoms with Gasteiger partial charge in [0.1, 0.15) is 11.2 Å². The molecule has 11 aromatic rings. The number of hydrogen-bond donors (Lipinski definition) is 0. The average Bonchev–Trinajstić information content (AvgIpc) is 3.66. The summed E-state index contributed by atoms with van der Waals surface area (Å²) in [5, 5.41) is 9.58. The summed E-state index contributed by atoms with van der Waals surface area (Å²) < 4.78 is 6.29. The molecule has 1 aromatic heterocycles. The van der Waals surface area contributed by atoms with E-state index in [1.807, 2.05) is 6.07 Å². The van der Waals surface area contributed by atoms with E-state index in [-0.39, 0.29) is 0 Å². The van der Waals surface area contributed by atoms with E-state index in [1.165, 1.54) is 65.7 Å². The normalized spacial score (nSPS) is 11.6. The Morgan fingerprint density at radius 1 is 0.304 bits per heavy atom. The molecule has 10 aromatic carbocycles. The van der Waals surface area contributed by atoms with Crippen molar-refractivity contribution in [1.29, 1.82) is 0 Å². The average molecular weight is 714 g/mol. The summed E-state index contributed by atoms with van der Waals surface area (Å²) in [7, 11) is 0. The molecule has 0 saturated carbocycles. The van der Waals surface area contributed by atoms with E-state index in [4.69, 9.17) is 4.42 Å². The molecule has 56 heavy (non-hydrogen) atoms. The van der Waals surface area contributed by atoms with E-state index in [1.54, 1.807) is 0 Å². The van der Waals surface area contributed by atoms with Crippen LogP contribution < -0.4 is 4.90 Å². The Kier molecular flexibility index (Phi) is 7.53. The van der Waals surface area contributed by atoms with Crippen LogP contribution in [0.1, 0.15) is 0 Å². The summed E-state index contributed by atoms with van der Waals surface area (Å²) in [6.45, 7) is 0. The van der Waals surface area contributed by atoms with Crippen LogP contribution in [0.2, 0.25) is 0 Å². The second-order valence-electron chi connectivity index (χ2n) is 14.4. The Morgan fingerprint density at radius 2 is 0.875 bits per heavy atom. The zero-order chi connectivity index (χ0) is 37.0. The fourth-order valence-electron chi connectivity index (χ4n) is 8.66. The molecule has 1 heterocycles. The summed E-state index contributed by atoms with van der Waals surface area (Å²) in [4.78, 5) is 2.43. The van der Waals surface area contributed by atoms with Crippen molar-refractivity contribution in [1.82, 2.24) is 0 Å². The molecular weight excluding hydrogens is 679 g/mol. The van der Waals surface area contributed by atoms with Crippen molar-refractivity contribution in [2.75, 3.05) is 4.90 Å². The Morgan fingerprint density at radius 3 is 1.77 bits per heavy atom. The smallest absolute Gasteiger partial charge is 0.136 e. The molecule has 0 bridgehead atoms. The zero-order valence-corrected chi connectivity index (χ0v) is 30.6. The van der Waals surface area contributed by atoms with Gasteiger partial charge in [0.2, 0.25) is 0 Å². The van der Waals surface area contributed by atoms with Crippen LogP contribution in [-0.4, -0.2) is 0 Å². The number of rotatable bonds is 6. The van der Waals surface area contributed by atoms with E-state index in [2.05, 4.69) is 211 Å². The van der Waals surface area contributed by atoms with Crippen LogP contribution in [0.3, 0.4) is 0 Å². The van der Waals surface area contributed by atoms with Gasteiger partial charge in [-0.3, -0.25) is 0 Å². The number of para-hydroxylation sites is 2. The van der Waals surface area contributed by atoms with Gasteiger partial charge in [-0.15, -0.1) is 0 Å². The highest BCUT2D eigenvalue weighted by Crippen LogP contribution is 2.46. The standard InChI is InChI=1S/C54H35NO/c1-2-13-37(14-3-1)45-18-6-8-24-50(45)55(41-32-29-38(30-33-41)43-20-10-16-36-15-4-5-17-42(36)43)51-25-12-22-46-44(21-11-23-47(46)51)40-28-27-39-31-34-53-54(49(39)35-40)48-19-7-9-26-52(48)56-53/h1-35H. The predicted molar refractivity (Wildman–Crippen MR) is 237 cm³/mol. The molecule has 2 nitrogen and oxygen atoms in total. The Balaban J connectivity index is 1.11. The molecule has 0 unspecified atom stereocenters. The third-order valence-electron chi connectivity index (χ3n) is 11.3. The summed E-state index contributed by atoms with van der Waals surface area (Å²) in [5.41, 5.74) is 12.3. The van der Waals surface area contributed by atoms with Crippen molar-refractivity contribution in [3.8, 4) is 33.4 Å². The van der Waals surface area contributed by atoms with Crippen molar-refractivity contribution in [3.05, 3.63) is 212 Å². The highest BCUT2D eigenvalue weighted by Gasteiger charge is 2.21. The number of benzene rings is 10. The Bertz CT molecular complexity index is 3240. The summed E-state index contributed by atoms with van der Waals surface area (Å²) in [6, 6.07) is 76.6. The maximum atomic E-state index is 6.29. The van der Waals surface area contributed by atoms with Crippen molar-refractivity contribution in [3.63, 3.8) is 0 Å². The molecule has 0 amide bonds. The van der Waals surface area contributed by atoms with Crippen molar-refractivity contribution in [2.45, 2.75) is 0 Å². The van der Waals surface area contributed by atoms with Gasteiger partial charge in [0.25, 0.3) is 0 Å². The van der Waals surface area contributed by atoms with Crippen LogP contribution in [0.25, 0.3) is 87.6 Å². The molecule has 0 aliphatic heterocycles. The second-order valence-corrected chi connectivity index (χ2v) is 14.4. The lowest BCUT2D eigenvalue weighted by molar-refractivity contribution is 0.669. The molecule has 0 spiro atoms. The molecule has 0 aliphatic rings. The lowest BCUT2D eigenvalue weighted by Crippen LogP contribution is -2.11. The Labute approximate surface area is 325 Å². The minimum absolute atomic E-state index is 0.912. The van der Waals surface area contributed by atoms with Crippen molar-refractivity contribution < 1.29 is 4.42 Å². The monoisotopic (exact) mass is 713 g/mol. The van der Waals surface area contributed by atoms with Crippen LogP contribution in [0.4, 0.5) is 17.1 Å². The molecule has 0 fully saturated rings. The quantitative estimate of drug-likeness (QED) is 0.171. The molecule has 0 radical (unpaired) electrons. The molecular formula is C54H35NO. The Hall–Kier alpha value is -7.42. The van der Waals surface area contributed by atoms with Crippen molar-refractivity contribution in [2.24, 2.45) is 0 Å². The summed E-state index contributed by atoms with van der Waals surface area (Å²) >= 11 is 0. The molecule has 0 saturated heterocycles. The molecule has 0 atom stereocenters. The van der Waals surface area contributed by atoms with Gasteiger partial charge in [0, 0.05) is 27.4 Å². The minimum atomic E-state index is 0.912. The van der Waals surface area contributed by atoms with Crippen LogP contribution in [0.5, 0.6) is 0 Å². The molecule has 0 N–H and O–H groups in total. The fourth-order valence-corrected chi connectivity index (χ4v) is 8.66. The number of nitrogens with zero attached hydrogens (tertiary/aromatic N) is 1. The van der Waals surface area contributed by atoms with Crippen LogP contribution in [0.15, 0.2) is 217 Å². The van der Waals surface area contributed by atoms with Gasteiger partial charge in [-0.05, 0) is 97.2 Å². The van der Waals surface area contributed by atoms with E-state index >= 15 is 0 Å². The van der Waals surface area contributed by atoms with Crippen LogP contribution in [0, 0.1) is 0 Å². The largest absolute Gasteiger partial charge is 0.456 e. The number of fused-ring (bicyclic) bond motifs is 7. The van der Waals surface area contributed by atoms with Crippen LogP contribution >= 0.6 is 0 Å². The molecule has 0 aliphatic carbocycles. The number of furan rings is 1. The second kappa shape index (κ2) is 13.2. The van der Waals surface area contributed by atoms with Gasteiger partial charge in [0.15, 0.2) is 0 Å². The minimum Gasteiger partial charge on any atom is -0.456 e. The third-order valence-corrected chi connectivity index (χ3v) is 11.3. The van der Waals surface area contributed by atoms with Crippen molar-refractivity contribution >= 4 is 71.3 Å². The fraction of sp³-hybridized carbons (Fsp3) is 0. The lowest BCUT2D eigenvalue weighted by atomic mass is 9.93. The first-order chi connectivity index (χ1) is 27.8. The maximum absolute atomic E-state index is 6.29.